The van der Waals surface area contributed by atoms with Gasteiger partial charge >= 0.3 is 5.97 Å². The van der Waals surface area contributed by atoms with Gasteiger partial charge in [-0.25, -0.2) is 8.78 Å². The van der Waals surface area contributed by atoms with Crippen LogP contribution in [0.3, 0.4) is 0 Å². The van der Waals surface area contributed by atoms with E-state index in [-0.39, 0.29) is 32.0 Å². The van der Waals surface area contributed by atoms with Gasteiger partial charge in [0.15, 0.2) is 0 Å². The number of ether oxygens (including phenoxy) is 2. The zero-order chi connectivity index (χ0) is 27.4. The average Bonchev–Trinajstić information content (AvgIpc) is 3.50. The summed E-state index contributed by atoms with van der Waals surface area (Å²) >= 11 is 0. The number of rotatable bonds is 10. The van der Waals surface area contributed by atoms with Gasteiger partial charge in [-0.1, -0.05) is 36.4 Å². The van der Waals surface area contributed by atoms with Gasteiger partial charge in [-0.2, -0.15) is 0 Å². The summed E-state index contributed by atoms with van der Waals surface area (Å²) in [5.41, 5.74) is 11.9. The quantitative estimate of drug-likeness (QED) is 0.248. The summed E-state index contributed by atoms with van der Waals surface area (Å²) in [4.78, 5) is 13.8. The topological polar surface area (TPSA) is 77.9 Å². The molecule has 0 aliphatic carbocycles. The van der Waals surface area contributed by atoms with E-state index in [1.54, 1.807) is 18.1 Å². The van der Waals surface area contributed by atoms with E-state index >= 15 is 0 Å². The van der Waals surface area contributed by atoms with Crippen LogP contribution in [0.1, 0.15) is 35.6 Å². The fraction of sp³-hybridized carbons (Fsp3) is 0.323. The molecule has 6 nitrogen and oxygen atoms in total. The third-order valence-electron chi connectivity index (χ3n) is 6.97. The number of esters is 1. The molecule has 4 aromatic rings. The van der Waals surface area contributed by atoms with Gasteiger partial charge < -0.3 is 19.6 Å². The van der Waals surface area contributed by atoms with Crippen molar-refractivity contribution in [2.45, 2.75) is 45.4 Å². The lowest BCUT2D eigenvalue weighted by molar-refractivity contribution is -0.142. The lowest BCUT2D eigenvalue weighted by atomic mass is 9.97. The molecule has 39 heavy (non-hydrogen) atoms. The molecule has 2 N–H and O–H groups in total. The lowest BCUT2D eigenvalue weighted by Gasteiger charge is -2.17. The highest BCUT2D eigenvalue weighted by molar-refractivity contribution is 5.89. The molecular weight excluding hydrogens is 502 g/mol. The van der Waals surface area contributed by atoms with E-state index < -0.39 is 5.92 Å². The van der Waals surface area contributed by atoms with Gasteiger partial charge in [-0.15, -0.1) is 0 Å². The number of hydrogen-bond acceptors (Lipinski definition) is 6. The fourth-order valence-corrected chi connectivity index (χ4v) is 5.03. The number of furan rings is 1. The van der Waals surface area contributed by atoms with Crippen LogP contribution in [0.25, 0.3) is 22.1 Å². The molecule has 0 spiro atoms. The van der Waals surface area contributed by atoms with Crippen LogP contribution < -0.4 is 10.5 Å². The van der Waals surface area contributed by atoms with Crippen molar-refractivity contribution in [2.75, 3.05) is 19.7 Å². The maximum atomic E-state index is 13.9. The van der Waals surface area contributed by atoms with Crippen molar-refractivity contribution in [2.24, 2.45) is 5.73 Å². The molecular formula is C31H32F2N2O4. The Hall–Kier alpha value is -3.75. The normalized spacial score (nSPS) is 15.1. The second-order valence-corrected chi connectivity index (χ2v) is 9.87. The first-order chi connectivity index (χ1) is 18.8. The third-order valence-corrected chi connectivity index (χ3v) is 6.97. The number of nitrogens with zero attached hydrogens (tertiary/aromatic N) is 1. The van der Waals surface area contributed by atoms with Crippen molar-refractivity contribution >= 4 is 16.9 Å². The van der Waals surface area contributed by atoms with Gasteiger partial charge in [0.25, 0.3) is 5.92 Å². The minimum absolute atomic E-state index is 0.113. The van der Waals surface area contributed by atoms with Gasteiger partial charge in [0, 0.05) is 48.1 Å². The third kappa shape index (κ3) is 6.29. The highest BCUT2D eigenvalue weighted by Gasteiger charge is 2.38. The van der Waals surface area contributed by atoms with Crippen LogP contribution in [0.15, 0.2) is 71.3 Å². The van der Waals surface area contributed by atoms with Gasteiger partial charge in [-0.3, -0.25) is 9.69 Å². The van der Waals surface area contributed by atoms with E-state index in [9.17, 15) is 13.6 Å². The van der Waals surface area contributed by atoms with Crippen molar-refractivity contribution in [1.82, 2.24) is 4.90 Å². The van der Waals surface area contributed by atoms with E-state index in [2.05, 4.69) is 0 Å². The number of benzene rings is 3. The molecule has 8 heteroatoms. The van der Waals surface area contributed by atoms with Crippen molar-refractivity contribution in [1.29, 1.82) is 0 Å². The van der Waals surface area contributed by atoms with Crippen LogP contribution in [0, 0.1) is 0 Å². The second-order valence-electron chi connectivity index (χ2n) is 9.87. The van der Waals surface area contributed by atoms with Crippen molar-refractivity contribution < 1.29 is 27.5 Å². The number of hydrogen-bond donors (Lipinski definition) is 1. The zero-order valence-corrected chi connectivity index (χ0v) is 21.9. The monoisotopic (exact) mass is 534 g/mol. The summed E-state index contributed by atoms with van der Waals surface area (Å²) in [6.07, 6.45) is 1.63. The van der Waals surface area contributed by atoms with E-state index in [1.807, 2.05) is 60.7 Å². The minimum atomic E-state index is -2.68. The van der Waals surface area contributed by atoms with Crippen LogP contribution in [-0.2, 0) is 35.6 Å². The minimum Gasteiger partial charge on any atom is -0.488 e. The molecule has 0 bridgehead atoms. The molecule has 3 aromatic carbocycles. The molecule has 2 heterocycles. The summed E-state index contributed by atoms with van der Waals surface area (Å²) in [5, 5.41) is 0.856. The van der Waals surface area contributed by atoms with Crippen LogP contribution in [0.2, 0.25) is 0 Å². The predicted molar refractivity (Wildman–Crippen MR) is 145 cm³/mol. The number of carbonyl (C=O) groups is 1. The summed E-state index contributed by atoms with van der Waals surface area (Å²) in [7, 11) is 0. The van der Waals surface area contributed by atoms with Gasteiger partial charge in [0.1, 0.15) is 17.9 Å². The van der Waals surface area contributed by atoms with Gasteiger partial charge in [0.05, 0.1) is 25.8 Å². The number of halogens is 2. The molecule has 0 unspecified atom stereocenters. The number of alkyl halides is 2. The van der Waals surface area contributed by atoms with E-state index in [0.717, 1.165) is 38.8 Å². The molecule has 204 valence electrons. The van der Waals surface area contributed by atoms with Gasteiger partial charge in [0.2, 0.25) is 0 Å². The zero-order valence-electron chi connectivity index (χ0n) is 21.9. The standard InChI is InChI=1S/C31H32F2N2O4/c1-2-37-29(36)15-23-7-3-4-9-28(23)38-18-26-19-39-30-25(17-35-11-10-31(32,33)20-35)13-24(14-27(26)30)22-8-5-6-21(12-22)16-34/h3-9,12-14,19H,2,10-11,15-18,20,34H2,1H3. The summed E-state index contributed by atoms with van der Waals surface area (Å²) in [5.74, 6) is -2.40. The molecule has 5 rings (SSSR count). The Bertz CT molecular complexity index is 1470. The van der Waals surface area contributed by atoms with Crippen molar-refractivity contribution in [3.63, 3.8) is 0 Å². The lowest BCUT2D eigenvalue weighted by Crippen LogP contribution is -2.24. The molecule has 0 amide bonds. The molecule has 0 atom stereocenters. The Morgan fingerprint density at radius 1 is 1.05 bits per heavy atom. The second kappa shape index (κ2) is 11.6. The number of carbonyl (C=O) groups excluding carboxylic acids is 1. The number of nitrogens with two attached hydrogens (primary N) is 1. The van der Waals surface area contributed by atoms with E-state index in [1.165, 1.54) is 0 Å². The van der Waals surface area contributed by atoms with Crippen molar-refractivity contribution in [3.8, 4) is 16.9 Å². The Morgan fingerprint density at radius 3 is 2.67 bits per heavy atom. The Balaban J connectivity index is 1.47. The van der Waals surface area contributed by atoms with Crippen LogP contribution in [-0.4, -0.2) is 36.5 Å². The van der Waals surface area contributed by atoms with E-state index in [4.69, 9.17) is 19.6 Å². The molecule has 1 aliphatic rings. The smallest absolute Gasteiger partial charge is 0.310 e. The Labute approximate surface area is 226 Å². The summed E-state index contributed by atoms with van der Waals surface area (Å²) in [6.45, 7) is 3.13. The molecule has 1 aliphatic heterocycles. The molecule has 1 fully saturated rings. The van der Waals surface area contributed by atoms with Gasteiger partial charge in [-0.05, 0) is 47.9 Å². The highest BCUT2D eigenvalue weighted by atomic mass is 19.3. The van der Waals surface area contributed by atoms with E-state index in [0.29, 0.717) is 37.6 Å². The number of para-hydroxylation sites is 1. The largest absolute Gasteiger partial charge is 0.488 e. The highest BCUT2D eigenvalue weighted by Crippen LogP contribution is 2.35. The van der Waals surface area contributed by atoms with Crippen LogP contribution in [0.4, 0.5) is 8.78 Å². The maximum Gasteiger partial charge on any atom is 0.310 e. The fourth-order valence-electron chi connectivity index (χ4n) is 5.03. The first-order valence-electron chi connectivity index (χ1n) is 13.1. The molecule has 0 saturated carbocycles. The molecule has 0 radical (unpaired) electrons. The maximum absolute atomic E-state index is 13.9. The molecule has 1 saturated heterocycles. The first kappa shape index (κ1) is 26.8. The van der Waals surface area contributed by atoms with Crippen molar-refractivity contribution in [3.05, 3.63) is 89.2 Å². The summed E-state index contributed by atoms with van der Waals surface area (Å²) in [6, 6.07) is 19.4. The first-order valence-corrected chi connectivity index (χ1v) is 13.1. The summed E-state index contributed by atoms with van der Waals surface area (Å²) < 4.78 is 45.1. The number of likely N-dealkylation sites (tertiary alicyclic amines) is 1. The predicted octanol–water partition coefficient (Wildman–Crippen LogP) is 6.08. The van der Waals surface area contributed by atoms with Crippen LogP contribution >= 0.6 is 0 Å². The average molecular weight is 535 g/mol. The number of fused-ring (bicyclic) bond motifs is 1. The van der Waals surface area contributed by atoms with Crippen LogP contribution in [0.5, 0.6) is 5.75 Å². The SMILES string of the molecule is CCOC(=O)Cc1ccccc1OCc1coc2c(CN3CCC(F)(F)C3)cc(-c3cccc(CN)c3)cc12. The Kier molecular flexibility index (Phi) is 7.95. The Morgan fingerprint density at radius 2 is 1.90 bits per heavy atom. The molecule has 1 aromatic heterocycles.